The Hall–Kier alpha value is -3.01. The summed E-state index contributed by atoms with van der Waals surface area (Å²) in [5.41, 5.74) is -0.517. The first-order valence-corrected chi connectivity index (χ1v) is 13.3. The molecule has 0 aromatic heterocycles. The number of aliphatic hydroxyl groups excluding tert-OH is 1. The molecule has 1 saturated carbocycles. The minimum atomic E-state index is -1.92. The Morgan fingerprint density at radius 1 is 0.919 bits per heavy atom. The topological polar surface area (TPSA) is 71.4 Å². The first kappa shape index (κ1) is 28.6. The van der Waals surface area contributed by atoms with Crippen LogP contribution in [0.3, 0.4) is 0 Å². The van der Waals surface area contributed by atoms with Crippen molar-refractivity contribution in [2.75, 3.05) is 0 Å². The van der Waals surface area contributed by atoms with Crippen molar-refractivity contribution >= 4 is 17.3 Å². The van der Waals surface area contributed by atoms with Crippen molar-refractivity contribution in [1.82, 2.24) is 0 Å². The number of fused-ring (bicyclic) bond motifs is 2. The molecule has 198 valence electrons. The second-order valence-corrected chi connectivity index (χ2v) is 12.1. The van der Waals surface area contributed by atoms with E-state index < -0.39 is 33.6 Å². The van der Waals surface area contributed by atoms with E-state index in [-0.39, 0.29) is 30.1 Å². The fraction of sp³-hybridized carbons (Fsp3) is 0.485. The van der Waals surface area contributed by atoms with Crippen molar-refractivity contribution in [2.45, 2.75) is 81.1 Å². The van der Waals surface area contributed by atoms with Crippen molar-refractivity contribution in [2.24, 2.45) is 22.2 Å². The number of allylic oxidation sites excluding steroid dienone is 8. The lowest BCUT2D eigenvalue weighted by atomic mass is 9.39. The van der Waals surface area contributed by atoms with Crippen LogP contribution in [0.2, 0.25) is 0 Å². The summed E-state index contributed by atoms with van der Waals surface area (Å²) in [7, 11) is 0. The van der Waals surface area contributed by atoms with Gasteiger partial charge in [-0.15, -0.1) is 0 Å². The summed E-state index contributed by atoms with van der Waals surface area (Å²) in [6.45, 7) is 15.6. The molecule has 0 radical (unpaired) electrons. The zero-order valence-corrected chi connectivity index (χ0v) is 23.7. The van der Waals surface area contributed by atoms with Gasteiger partial charge in [0.05, 0.1) is 5.41 Å². The first-order chi connectivity index (χ1) is 17.2. The van der Waals surface area contributed by atoms with Crippen molar-refractivity contribution in [3.05, 3.63) is 82.2 Å². The van der Waals surface area contributed by atoms with Crippen LogP contribution in [0.15, 0.2) is 76.6 Å². The highest BCUT2D eigenvalue weighted by atomic mass is 16.3. The number of ketones is 3. The molecule has 3 unspecified atom stereocenters. The number of aliphatic hydroxyl groups is 1. The second-order valence-electron chi connectivity index (χ2n) is 12.1. The molecule has 1 aromatic carbocycles. The number of Topliss-reactive ketones (excluding diaryl/α,β-unsaturated/α-hetero) is 3. The summed E-state index contributed by atoms with van der Waals surface area (Å²) in [6.07, 6.45) is 7.41. The van der Waals surface area contributed by atoms with Crippen molar-refractivity contribution in [1.29, 1.82) is 0 Å². The normalized spacial score (nSPS) is 26.4. The van der Waals surface area contributed by atoms with Gasteiger partial charge in [0.15, 0.2) is 22.8 Å². The Morgan fingerprint density at radius 2 is 1.49 bits per heavy atom. The predicted octanol–water partition coefficient (Wildman–Crippen LogP) is 7.92. The van der Waals surface area contributed by atoms with Crippen LogP contribution in [-0.2, 0) is 9.59 Å². The van der Waals surface area contributed by atoms with Gasteiger partial charge in [-0.1, -0.05) is 79.1 Å². The third-order valence-electron chi connectivity index (χ3n) is 8.47. The van der Waals surface area contributed by atoms with Crippen LogP contribution in [0.4, 0.5) is 0 Å². The number of carbonyl (C=O) groups is 3. The van der Waals surface area contributed by atoms with Gasteiger partial charge in [-0.3, -0.25) is 14.4 Å². The molecule has 37 heavy (non-hydrogen) atoms. The Bertz CT molecular complexity index is 1210. The molecule has 2 aliphatic rings. The van der Waals surface area contributed by atoms with Gasteiger partial charge in [0.25, 0.3) is 0 Å². The van der Waals surface area contributed by atoms with E-state index >= 15 is 0 Å². The molecule has 4 nitrogen and oxygen atoms in total. The first-order valence-electron chi connectivity index (χ1n) is 13.3. The van der Waals surface area contributed by atoms with E-state index in [1.54, 1.807) is 24.3 Å². The fourth-order valence-electron chi connectivity index (χ4n) is 6.16. The summed E-state index contributed by atoms with van der Waals surface area (Å²) >= 11 is 0. The van der Waals surface area contributed by atoms with Crippen LogP contribution >= 0.6 is 0 Å². The zero-order chi connectivity index (χ0) is 27.8. The zero-order valence-electron chi connectivity index (χ0n) is 23.7. The van der Waals surface area contributed by atoms with Crippen LogP contribution < -0.4 is 0 Å². The highest BCUT2D eigenvalue weighted by Crippen LogP contribution is 2.66. The molecule has 2 bridgehead atoms. The van der Waals surface area contributed by atoms with E-state index in [0.717, 1.165) is 16.7 Å². The minimum absolute atomic E-state index is 0.147. The van der Waals surface area contributed by atoms with Gasteiger partial charge in [-0.05, 0) is 78.6 Å². The number of carbonyl (C=O) groups excluding carboxylic acids is 3. The lowest BCUT2D eigenvalue weighted by molar-refractivity contribution is -0.164. The van der Waals surface area contributed by atoms with Gasteiger partial charge in [-0.2, -0.15) is 0 Å². The fourth-order valence-corrected chi connectivity index (χ4v) is 6.16. The second kappa shape index (κ2) is 10.4. The number of hydrogen-bond acceptors (Lipinski definition) is 4. The van der Waals surface area contributed by atoms with Gasteiger partial charge in [0.2, 0.25) is 0 Å². The van der Waals surface area contributed by atoms with Crippen molar-refractivity contribution in [3.8, 4) is 0 Å². The molecule has 0 saturated heterocycles. The van der Waals surface area contributed by atoms with Crippen LogP contribution in [0.1, 0.15) is 91.4 Å². The molecule has 0 heterocycles. The van der Waals surface area contributed by atoms with Crippen LogP contribution in [0, 0.1) is 22.2 Å². The standard InChI is InChI=1S/C33H42O4/c1-21(2)14-16-25-20-32(19-18-23(5)6)28(35)26(17-15-22(3)4)29(36)33(30(32)37,31(25,7)8)27(34)24-12-10-9-11-13-24/h9-15,18,25,35H,16-17,19-20H2,1-8H3. The monoisotopic (exact) mass is 502 g/mol. The molecule has 1 fully saturated rings. The molecule has 0 aliphatic heterocycles. The molecule has 1 aromatic rings. The lowest BCUT2D eigenvalue weighted by Crippen LogP contribution is -2.69. The average Bonchev–Trinajstić information content (AvgIpc) is 2.82. The van der Waals surface area contributed by atoms with Crippen LogP contribution in [0.5, 0.6) is 0 Å². The van der Waals surface area contributed by atoms with Crippen LogP contribution in [-0.4, -0.2) is 22.5 Å². The van der Waals surface area contributed by atoms with E-state index in [9.17, 15) is 19.5 Å². The lowest BCUT2D eigenvalue weighted by Gasteiger charge is -2.59. The number of benzene rings is 1. The predicted molar refractivity (Wildman–Crippen MR) is 149 cm³/mol. The molecule has 3 atom stereocenters. The summed E-state index contributed by atoms with van der Waals surface area (Å²) in [5, 5.41) is 11.8. The Kier molecular flexibility index (Phi) is 8.02. The van der Waals surface area contributed by atoms with E-state index in [1.807, 2.05) is 73.6 Å². The Morgan fingerprint density at radius 3 is 2.03 bits per heavy atom. The number of rotatable bonds is 8. The van der Waals surface area contributed by atoms with E-state index in [0.29, 0.717) is 18.4 Å². The molecule has 0 spiro atoms. The SMILES string of the molecule is CC(C)=CCC1=C(O)C2(CC=C(C)C)CC(CC=C(C)C)C(C)(C)C(C(=O)c3ccccc3)(C1=O)C2=O. The van der Waals surface area contributed by atoms with E-state index in [4.69, 9.17) is 0 Å². The van der Waals surface area contributed by atoms with Gasteiger partial charge in [0.1, 0.15) is 5.76 Å². The molecule has 1 N–H and O–H groups in total. The molecule has 2 aliphatic carbocycles. The Labute approximate surface area is 222 Å². The summed E-state index contributed by atoms with van der Waals surface area (Å²) in [4.78, 5) is 43.9. The molecular formula is C33H42O4. The highest BCUT2D eigenvalue weighted by molar-refractivity contribution is 6.36. The molecule has 0 amide bonds. The van der Waals surface area contributed by atoms with Gasteiger partial charge in [-0.25, -0.2) is 0 Å². The molecular weight excluding hydrogens is 460 g/mol. The van der Waals surface area contributed by atoms with E-state index in [2.05, 4.69) is 6.08 Å². The average molecular weight is 503 g/mol. The maximum Gasteiger partial charge on any atom is 0.184 e. The van der Waals surface area contributed by atoms with E-state index in [1.165, 1.54) is 0 Å². The largest absolute Gasteiger partial charge is 0.511 e. The summed E-state index contributed by atoms with van der Waals surface area (Å²) in [5.74, 6) is -1.77. The molecule has 4 heteroatoms. The quantitative estimate of drug-likeness (QED) is 0.223. The van der Waals surface area contributed by atoms with Gasteiger partial charge >= 0.3 is 0 Å². The summed E-state index contributed by atoms with van der Waals surface area (Å²) in [6, 6.07) is 8.68. The highest BCUT2D eigenvalue weighted by Gasteiger charge is 2.74. The van der Waals surface area contributed by atoms with Gasteiger partial charge < -0.3 is 5.11 Å². The van der Waals surface area contributed by atoms with Crippen molar-refractivity contribution in [3.63, 3.8) is 0 Å². The Balaban J connectivity index is 2.45. The maximum atomic E-state index is 14.8. The summed E-state index contributed by atoms with van der Waals surface area (Å²) < 4.78 is 0. The maximum absolute atomic E-state index is 14.8. The molecule has 3 rings (SSSR count). The van der Waals surface area contributed by atoms with Gasteiger partial charge in [0, 0.05) is 11.1 Å². The minimum Gasteiger partial charge on any atom is -0.511 e. The third-order valence-corrected chi connectivity index (χ3v) is 8.47. The van der Waals surface area contributed by atoms with Crippen molar-refractivity contribution < 1.29 is 19.5 Å². The smallest absolute Gasteiger partial charge is 0.184 e. The third kappa shape index (κ3) is 4.60. The van der Waals surface area contributed by atoms with Crippen LogP contribution in [0.25, 0.3) is 0 Å². The number of hydrogen-bond donors (Lipinski definition) is 1.